The van der Waals surface area contributed by atoms with E-state index in [1.165, 1.54) is 11.1 Å². The molecule has 316 valence electrons. The average Bonchev–Trinajstić information content (AvgIpc) is 3.91. The van der Waals surface area contributed by atoms with Gasteiger partial charge in [-0.15, -0.1) is 0 Å². The molecule has 0 atom stereocenters. The first-order chi connectivity index (χ1) is 32.2. The van der Waals surface area contributed by atoms with Crippen molar-refractivity contribution in [3.05, 3.63) is 199 Å². The molecule has 11 aromatic rings. The number of hydrogen-bond acceptors (Lipinski definition) is 6. The Morgan fingerprint density at radius 2 is 0.864 bits per heavy atom. The number of fused-ring (bicyclic) bond motifs is 12. The number of para-hydroxylation sites is 2. The number of nitrogens with zero attached hydrogens (tertiary/aromatic N) is 2. The van der Waals surface area contributed by atoms with Crippen LogP contribution in [-0.2, 0) is 5.41 Å². The fourth-order valence-electron chi connectivity index (χ4n) is 10.2. The van der Waals surface area contributed by atoms with Crippen LogP contribution in [-0.4, -0.2) is 6.71 Å². The molecule has 0 spiro atoms. The van der Waals surface area contributed by atoms with Crippen molar-refractivity contribution in [2.24, 2.45) is 0 Å². The zero-order valence-corrected chi connectivity index (χ0v) is 37.0. The van der Waals surface area contributed by atoms with Gasteiger partial charge in [-0.1, -0.05) is 112 Å². The van der Waals surface area contributed by atoms with Crippen LogP contribution in [0.2, 0.25) is 0 Å². The number of hydrogen-bond donors (Lipinski definition) is 0. The van der Waals surface area contributed by atoms with Gasteiger partial charge in [-0.2, -0.15) is 0 Å². The van der Waals surface area contributed by atoms with Gasteiger partial charge in [0.2, 0.25) is 0 Å². The van der Waals surface area contributed by atoms with E-state index in [-0.39, 0.29) is 12.1 Å². The van der Waals surface area contributed by atoms with E-state index >= 15 is 0 Å². The van der Waals surface area contributed by atoms with Gasteiger partial charge in [-0.25, -0.2) is 0 Å². The smallest absolute Gasteiger partial charge is 0.261 e. The lowest BCUT2D eigenvalue weighted by Crippen LogP contribution is -2.57. The topological polar surface area (TPSA) is 51.2 Å². The van der Waals surface area contributed by atoms with E-state index in [1.54, 1.807) is 0 Å². The van der Waals surface area contributed by atoms with Gasteiger partial charge in [0.05, 0.1) is 0 Å². The molecule has 9 aromatic carbocycles. The molecule has 0 aliphatic carbocycles. The van der Waals surface area contributed by atoms with E-state index in [0.29, 0.717) is 0 Å². The summed E-state index contributed by atoms with van der Waals surface area (Å²) in [5.74, 6) is 2.95. The van der Waals surface area contributed by atoms with Crippen molar-refractivity contribution in [1.82, 2.24) is 0 Å². The maximum Gasteiger partial charge on any atom is 0.261 e. The summed E-state index contributed by atoms with van der Waals surface area (Å²) in [4.78, 5) is 4.57. The number of furan rings is 2. The predicted octanol–water partition coefficient (Wildman–Crippen LogP) is 14.8. The van der Waals surface area contributed by atoms with Crippen molar-refractivity contribution >= 4 is 101 Å². The molecule has 2 aliphatic rings. The van der Waals surface area contributed by atoms with Crippen LogP contribution in [0.15, 0.2) is 197 Å². The largest absolute Gasteiger partial charge is 0.454 e. The molecule has 0 N–H and O–H groups in total. The van der Waals surface area contributed by atoms with E-state index in [1.807, 2.05) is 24.3 Å². The summed E-state index contributed by atoms with van der Waals surface area (Å²) < 4.78 is 27.6. The molecule has 2 aliphatic heterocycles. The van der Waals surface area contributed by atoms with Crippen molar-refractivity contribution in [3.63, 3.8) is 0 Å². The van der Waals surface area contributed by atoms with Gasteiger partial charge in [0.25, 0.3) is 6.71 Å². The van der Waals surface area contributed by atoms with Gasteiger partial charge < -0.3 is 28.1 Å². The van der Waals surface area contributed by atoms with E-state index in [9.17, 15) is 0 Å². The first kappa shape index (κ1) is 38.3. The first-order valence-corrected chi connectivity index (χ1v) is 22.6. The Hall–Kier alpha value is -8.16. The third kappa shape index (κ3) is 5.96. The zero-order valence-electron chi connectivity index (χ0n) is 37.0. The highest BCUT2D eigenvalue weighted by Gasteiger charge is 2.42. The third-order valence-electron chi connectivity index (χ3n) is 13.4. The SMILES string of the molecule is Cc1cccc(N(c2ccccc2)c2ccc3c(c2)oc2c4c(ccc23)B2c3ccc5c(oc6cc(N(c7ccccc7)c7cccc(C(C)(C)C)c7)ccc65)c3Oc3cccc(c32)O4)c1. The fourth-order valence-corrected chi connectivity index (χ4v) is 10.2. The molecule has 0 amide bonds. The van der Waals surface area contributed by atoms with Gasteiger partial charge >= 0.3 is 0 Å². The number of anilines is 6. The molecule has 0 bridgehead atoms. The van der Waals surface area contributed by atoms with Crippen LogP contribution in [0.5, 0.6) is 23.0 Å². The van der Waals surface area contributed by atoms with Crippen molar-refractivity contribution in [2.45, 2.75) is 33.1 Å². The molecule has 13 rings (SSSR count). The van der Waals surface area contributed by atoms with Crippen LogP contribution in [0.25, 0.3) is 43.9 Å². The Bertz CT molecular complexity index is 3740. The van der Waals surface area contributed by atoms with Crippen molar-refractivity contribution in [3.8, 4) is 23.0 Å². The van der Waals surface area contributed by atoms with Crippen LogP contribution in [0, 0.1) is 6.92 Å². The monoisotopic (exact) mass is 854 g/mol. The van der Waals surface area contributed by atoms with Crippen molar-refractivity contribution in [1.29, 1.82) is 0 Å². The second kappa shape index (κ2) is 14.4. The molecular weight excluding hydrogens is 811 g/mol. The minimum absolute atomic E-state index is 0.0000498. The zero-order chi connectivity index (χ0) is 44.3. The maximum absolute atomic E-state index is 6.94. The second-order valence-electron chi connectivity index (χ2n) is 18.6. The highest BCUT2D eigenvalue weighted by Crippen LogP contribution is 2.46. The summed E-state index contributed by atoms with van der Waals surface area (Å²) in [5.41, 5.74) is 14.8. The molecule has 0 saturated carbocycles. The van der Waals surface area contributed by atoms with Crippen LogP contribution in [0.4, 0.5) is 34.1 Å². The molecule has 0 fully saturated rings. The quantitative estimate of drug-likeness (QED) is 0.155. The van der Waals surface area contributed by atoms with E-state index in [2.05, 4.69) is 201 Å². The summed E-state index contributed by atoms with van der Waals surface area (Å²) in [6.45, 7) is 8.70. The van der Waals surface area contributed by atoms with Gasteiger partial charge in [0.15, 0.2) is 22.7 Å². The summed E-state index contributed by atoms with van der Waals surface area (Å²) >= 11 is 0. The molecule has 66 heavy (non-hydrogen) atoms. The van der Waals surface area contributed by atoms with Crippen LogP contribution >= 0.6 is 0 Å². The standard InChI is InChI=1S/C59H43BN2O4/c1-36-14-11-20-40(32-36)61(38-16-7-5-8-17-38)42-24-26-44-46-28-30-48-57(55(46)65-52(44)34-42)63-50-22-13-23-51-54(50)60(48)49-31-29-47-45-27-25-43(35-53(45)66-56(47)58(49)64-51)62(39-18-9-6-10-19-39)41-21-12-15-37(33-41)59(2,3)4/h5-35H,1-4H3. The minimum Gasteiger partial charge on any atom is -0.454 e. The lowest BCUT2D eigenvalue weighted by atomic mass is 9.35. The molecule has 0 saturated heterocycles. The summed E-state index contributed by atoms with van der Waals surface area (Å²) in [7, 11) is 0. The Kier molecular flexibility index (Phi) is 8.38. The molecule has 4 heterocycles. The lowest BCUT2D eigenvalue weighted by molar-refractivity contribution is 0.459. The molecule has 0 radical (unpaired) electrons. The number of rotatable bonds is 6. The van der Waals surface area contributed by atoms with Crippen molar-refractivity contribution < 1.29 is 18.3 Å². The molecular formula is C59H43BN2O4. The predicted molar refractivity (Wildman–Crippen MR) is 271 cm³/mol. The Balaban J connectivity index is 0.938. The molecule has 0 unspecified atom stereocenters. The summed E-state index contributed by atoms with van der Waals surface area (Å²) in [6.07, 6.45) is 0. The highest BCUT2D eigenvalue weighted by molar-refractivity contribution is 6.98. The molecule has 2 aromatic heterocycles. The van der Waals surface area contributed by atoms with Gasteiger partial charge in [-0.05, 0) is 119 Å². The van der Waals surface area contributed by atoms with E-state index in [0.717, 1.165) is 117 Å². The van der Waals surface area contributed by atoms with Gasteiger partial charge in [-0.3, -0.25) is 0 Å². The van der Waals surface area contributed by atoms with Gasteiger partial charge in [0.1, 0.15) is 22.7 Å². The summed E-state index contributed by atoms with van der Waals surface area (Å²) in [5, 5.41) is 4.06. The highest BCUT2D eigenvalue weighted by atomic mass is 16.5. The van der Waals surface area contributed by atoms with Crippen LogP contribution in [0.3, 0.4) is 0 Å². The summed E-state index contributed by atoms with van der Waals surface area (Å²) in [6, 6.07) is 66.2. The first-order valence-electron chi connectivity index (χ1n) is 22.6. The molecule has 6 nitrogen and oxygen atoms in total. The Labute approximate surface area is 382 Å². The Morgan fingerprint density at radius 1 is 0.409 bits per heavy atom. The fraction of sp³-hybridized carbons (Fsp3) is 0.0847. The third-order valence-corrected chi connectivity index (χ3v) is 13.4. The van der Waals surface area contributed by atoms with Crippen molar-refractivity contribution in [2.75, 3.05) is 9.80 Å². The maximum atomic E-state index is 6.94. The number of ether oxygens (including phenoxy) is 2. The van der Waals surface area contributed by atoms with Crippen LogP contribution < -0.4 is 35.7 Å². The number of benzene rings is 9. The minimum atomic E-state index is -0.177. The van der Waals surface area contributed by atoms with E-state index in [4.69, 9.17) is 18.3 Å². The Morgan fingerprint density at radius 3 is 1.38 bits per heavy atom. The van der Waals surface area contributed by atoms with E-state index < -0.39 is 0 Å². The number of aryl methyl sites for hydroxylation is 1. The normalized spacial score (nSPS) is 12.8. The second-order valence-corrected chi connectivity index (χ2v) is 18.6. The lowest BCUT2D eigenvalue weighted by Gasteiger charge is -2.32. The van der Waals surface area contributed by atoms with Crippen LogP contribution in [0.1, 0.15) is 31.9 Å². The molecule has 7 heteroatoms. The van der Waals surface area contributed by atoms with Gasteiger partial charge in [0, 0.05) is 73.3 Å². The average molecular weight is 855 g/mol.